The number of carbonyl (C=O) groups is 2. The molecule has 8 heteroatoms. The molecule has 1 unspecified atom stereocenters. The van der Waals surface area contributed by atoms with Gasteiger partial charge < -0.3 is 11.1 Å². The van der Waals surface area contributed by atoms with Crippen molar-refractivity contribution in [2.45, 2.75) is 38.3 Å². The van der Waals surface area contributed by atoms with Crippen LogP contribution in [0.25, 0.3) is 0 Å². The highest BCUT2D eigenvalue weighted by Crippen LogP contribution is 2.43. The zero-order valence-corrected chi connectivity index (χ0v) is 16.5. The number of amides is 1. The summed E-state index contributed by atoms with van der Waals surface area (Å²) in [6, 6.07) is 7.18. The molecule has 1 heterocycles. The summed E-state index contributed by atoms with van der Waals surface area (Å²) in [5.74, 6) is -1.60. The third kappa shape index (κ3) is 4.78. The van der Waals surface area contributed by atoms with E-state index in [9.17, 15) is 9.59 Å². The van der Waals surface area contributed by atoms with E-state index in [1.807, 2.05) is 6.07 Å². The number of carbonyl (C=O) groups excluding carboxylic acids is 2. The predicted molar refractivity (Wildman–Crippen MR) is 106 cm³/mol. The van der Waals surface area contributed by atoms with Crippen molar-refractivity contribution >= 4 is 23.3 Å². The lowest BCUT2D eigenvalue weighted by atomic mass is 9.95. The Hall–Kier alpha value is -2.82. The Morgan fingerprint density at radius 3 is 2.66 bits per heavy atom. The molecule has 3 N–H and O–H groups in total. The number of hydrogen-bond acceptors (Lipinski definition) is 5. The number of ketones is 1. The Kier molecular flexibility index (Phi) is 6.26. The third-order valence-corrected chi connectivity index (χ3v) is 5.19. The number of benzene rings is 1. The molecule has 150 valence electrons. The van der Waals surface area contributed by atoms with Gasteiger partial charge in [0.1, 0.15) is 17.6 Å². The van der Waals surface area contributed by atoms with Crippen molar-refractivity contribution in [3.63, 3.8) is 0 Å². The predicted octanol–water partition coefficient (Wildman–Crippen LogP) is 3.28. The lowest BCUT2D eigenvalue weighted by Crippen LogP contribution is -2.35. The van der Waals surface area contributed by atoms with Crippen LogP contribution in [-0.2, 0) is 4.79 Å². The second-order valence-electron chi connectivity index (χ2n) is 7.25. The van der Waals surface area contributed by atoms with Crippen LogP contribution in [-0.4, -0.2) is 22.7 Å². The number of aromatic nitrogens is 1. The minimum Gasteiger partial charge on any atom is -0.370 e. The fourth-order valence-corrected chi connectivity index (χ4v) is 3.55. The van der Waals surface area contributed by atoms with E-state index in [1.54, 1.807) is 13.0 Å². The first-order valence-electron chi connectivity index (χ1n) is 9.25. The molecule has 6 nitrogen and oxygen atoms in total. The fraction of sp³-hybridized carbons (Fsp3) is 0.333. The van der Waals surface area contributed by atoms with Crippen LogP contribution in [0, 0.1) is 23.1 Å². The van der Waals surface area contributed by atoms with Crippen LogP contribution < -0.4 is 11.1 Å². The van der Waals surface area contributed by atoms with Gasteiger partial charge in [-0.1, -0.05) is 17.7 Å². The molecule has 1 aliphatic rings. The van der Waals surface area contributed by atoms with Crippen molar-refractivity contribution in [1.29, 1.82) is 5.26 Å². The molecular formula is C21H20ClFN4O2. The molecule has 2 aromatic rings. The van der Waals surface area contributed by atoms with Crippen LogP contribution >= 0.6 is 11.6 Å². The van der Waals surface area contributed by atoms with E-state index in [4.69, 9.17) is 22.6 Å². The minimum atomic E-state index is -0.704. The van der Waals surface area contributed by atoms with Crippen LogP contribution in [0.4, 0.5) is 4.39 Å². The summed E-state index contributed by atoms with van der Waals surface area (Å²) < 4.78 is 15.4. The summed E-state index contributed by atoms with van der Waals surface area (Å²) in [5, 5.41) is 12.1. The second kappa shape index (κ2) is 8.68. The van der Waals surface area contributed by atoms with Gasteiger partial charge in [0.05, 0.1) is 16.1 Å². The van der Waals surface area contributed by atoms with Crippen LogP contribution in [0.5, 0.6) is 0 Å². The molecule has 0 bridgehead atoms. The molecular weight excluding hydrogens is 395 g/mol. The highest BCUT2D eigenvalue weighted by Gasteiger charge is 2.36. The number of nitrogens with zero attached hydrogens (tertiary/aromatic N) is 2. The minimum absolute atomic E-state index is 0.0000207. The molecule has 0 spiro atoms. The number of pyridine rings is 1. The van der Waals surface area contributed by atoms with E-state index >= 15 is 4.39 Å². The molecule has 1 aromatic heterocycles. The number of nitrogens with two attached hydrogens (primary N) is 1. The zero-order chi connectivity index (χ0) is 21.1. The van der Waals surface area contributed by atoms with Crippen molar-refractivity contribution in [2.75, 3.05) is 0 Å². The van der Waals surface area contributed by atoms with Gasteiger partial charge in [-0.3, -0.25) is 14.6 Å². The van der Waals surface area contributed by atoms with E-state index in [2.05, 4.69) is 10.3 Å². The Balaban J connectivity index is 1.95. The molecule has 1 aliphatic carbocycles. The van der Waals surface area contributed by atoms with Crippen molar-refractivity contribution < 1.29 is 14.0 Å². The van der Waals surface area contributed by atoms with Gasteiger partial charge in [0.25, 0.3) is 0 Å². The molecule has 1 aromatic carbocycles. The van der Waals surface area contributed by atoms with Crippen molar-refractivity contribution in [3.8, 4) is 6.07 Å². The van der Waals surface area contributed by atoms with E-state index in [0.29, 0.717) is 11.1 Å². The van der Waals surface area contributed by atoms with Gasteiger partial charge in [-0.05, 0) is 43.9 Å². The number of nitrogens with one attached hydrogen (secondary N) is 1. The van der Waals surface area contributed by atoms with Gasteiger partial charge in [0.15, 0.2) is 0 Å². The van der Waals surface area contributed by atoms with E-state index < -0.39 is 17.5 Å². The maximum atomic E-state index is 15.4. The van der Waals surface area contributed by atoms with Crippen LogP contribution in [0.15, 0.2) is 30.5 Å². The molecule has 1 amide bonds. The molecule has 0 aliphatic heterocycles. The highest BCUT2D eigenvalue weighted by molar-refractivity contribution is 6.35. The quantitative estimate of drug-likeness (QED) is 0.644. The fourth-order valence-electron chi connectivity index (χ4n) is 3.32. The van der Waals surface area contributed by atoms with E-state index in [-0.39, 0.29) is 40.7 Å². The topological polar surface area (TPSA) is 109 Å². The number of hydrogen-bond donors (Lipinski definition) is 2. The highest BCUT2D eigenvalue weighted by atomic mass is 35.5. The molecule has 29 heavy (non-hydrogen) atoms. The van der Waals surface area contributed by atoms with Crippen LogP contribution in [0.3, 0.4) is 0 Å². The molecule has 2 atom stereocenters. The van der Waals surface area contributed by atoms with Gasteiger partial charge in [0.2, 0.25) is 11.7 Å². The van der Waals surface area contributed by atoms with Gasteiger partial charge >= 0.3 is 0 Å². The van der Waals surface area contributed by atoms with Crippen molar-refractivity contribution in [1.82, 2.24) is 10.3 Å². The van der Waals surface area contributed by atoms with Gasteiger partial charge in [-0.15, -0.1) is 0 Å². The summed E-state index contributed by atoms with van der Waals surface area (Å²) in [6.45, 7) is 1.81. The standard InChI is InChI=1S/C21H20ClFN4O2/c1-11(8-17(25)28)27-20(13-3-4-13)14-5-6-15(22)18(19(14)23)21(29)16-7-2-12(9-24)10-26-16/h2,5-7,10-11,13,20,27H,3-4,8H2,1H3,(H2,25,28)/t11-,20?/m1/s1. The van der Waals surface area contributed by atoms with E-state index in [1.165, 1.54) is 24.4 Å². The Labute approximate surface area is 172 Å². The maximum absolute atomic E-state index is 15.4. The summed E-state index contributed by atoms with van der Waals surface area (Å²) in [4.78, 5) is 28.0. The summed E-state index contributed by atoms with van der Waals surface area (Å²) in [7, 11) is 0. The number of primary amides is 1. The average Bonchev–Trinajstić information content (AvgIpc) is 3.51. The summed E-state index contributed by atoms with van der Waals surface area (Å²) in [6.07, 6.45) is 3.22. The van der Waals surface area contributed by atoms with Crippen LogP contribution in [0.1, 0.15) is 59.4 Å². The first-order chi connectivity index (χ1) is 13.8. The first-order valence-corrected chi connectivity index (χ1v) is 9.62. The summed E-state index contributed by atoms with van der Waals surface area (Å²) >= 11 is 6.16. The lowest BCUT2D eigenvalue weighted by Gasteiger charge is -2.24. The first kappa shape index (κ1) is 20.9. The zero-order valence-electron chi connectivity index (χ0n) is 15.8. The molecule has 3 rings (SSSR count). The number of nitriles is 1. The number of halogens is 2. The van der Waals surface area contributed by atoms with Crippen molar-refractivity contribution in [2.24, 2.45) is 11.7 Å². The average molecular weight is 415 g/mol. The smallest absolute Gasteiger partial charge is 0.218 e. The molecule has 1 saturated carbocycles. The molecule has 1 fully saturated rings. The SMILES string of the molecule is C[C@H](CC(N)=O)NC(c1ccc(Cl)c(C(=O)c2ccc(C#N)cn2)c1F)C1CC1. The largest absolute Gasteiger partial charge is 0.370 e. The Bertz CT molecular complexity index is 983. The van der Waals surface area contributed by atoms with Crippen LogP contribution in [0.2, 0.25) is 5.02 Å². The lowest BCUT2D eigenvalue weighted by molar-refractivity contribution is -0.118. The summed E-state index contributed by atoms with van der Waals surface area (Å²) in [5.41, 5.74) is 5.62. The van der Waals surface area contributed by atoms with Gasteiger partial charge in [-0.2, -0.15) is 5.26 Å². The molecule has 0 radical (unpaired) electrons. The normalized spacial score (nSPS) is 15.4. The van der Waals surface area contributed by atoms with Gasteiger partial charge in [0, 0.05) is 30.3 Å². The second-order valence-corrected chi connectivity index (χ2v) is 7.66. The molecule has 0 saturated heterocycles. The monoisotopic (exact) mass is 414 g/mol. The third-order valence-electron chi connectivity index (χ3n) is 4.87. The van der Waals surface area contributed by atoms with Crippen molar-refractivity contribution in [3.05, 3.63) is 63.7 Å². The Morgan fingerprint density at radius 1 is 1.38 bits per heavy atom. The Morgan fingerprint density at radius 2 is 2.10 bits per heavy atom. The van der Waals surface area contributed by atoms with Gasteiger partial charge in [-0.25, -0.2) is 4.39 Å². The maximum Gasteiger partial charge on any atom is 0.218 e. The number of rotatable bonds is 8. The van der Waals surface area contributed by atoms with E-state index in [0.717, 1.165) is 12.8 Å².